The molecule has 1 saturated heterocycles. The van der Waals surface area contributed by atoms with E-state index in [0.29, 0.717) is 31.7 Å². The van der Waals surface area contributed by atoms with E-state index in [1.165, 1.54) is 6.07 Å². The normalized spacial score (nSPS) is 20.1. The second-order valence-electron chi connectivity index (χ2n) is 5.54. The van der Waals surface area contributed by atoms with Gasteiger partial charge in [0, 0.05) is 13.1 Å². The molecule has 0 aromatic heterocycles. The topological polar surface area (TPSA) is 50.4 Å². The number of morpholine rings is 1. The van der Waals surface area contributed by atoms with Crippen LogP contribution in [0, 0.1) is 0 Å². The van der Waals surface area contributed by atoms with Crippen LogP contribution >= 0.6 is 0 Å². The molecule has 1 fully saturated rings. The van der Waals surface area contributed by atoms with Gasteiger partial charge in [0.15, 0.2) is 0 Å². The van der Waals surface area contributed by atoms with E-state index in [-0.39, 0.29) is 5.91 Å². The third kappa shape index (κ3) is 4.94. The van der Waals surface area contributed by atoms with Crippen LogP contribution in [-0.2, 0) is 15.7 Å². The first kappa shape index (κ1) is 17.7. The van der Waals surface area contributed by atoms with Crippen LogP contribution in [0.2, 0.25) is 0 Å². The van der Waals surface area contributed by atoms with Gasteiger partial charge in [-0.25, -0.2) is 0 Å². The van der Waals surface area contributed by atoms with Crippen molar-refractivity contribution in [3.05, 3.63) is 35.4 Å². The van der Waals surface area contributed by atoms with Crippen molar-refractivity contribution in [1.82, 2.24) is 10.6 Å². The largest absolute Gasteiger partial charge is 0.416 e. The molecule has 1 aliphatic rings. The zero-order chi connectivity index (χ0) is 16.9. The van der Waals surface area contributed by atoms with E-state index < -0.39 is 23.9 Å². The number of carbonyl (C=O) groups excluding carboxylic acids is 1. The number of benzene rings is 1. The first-order chi connectivity index (χ1) is 10.9. The summed E-state index contributed by atoms with van der Waals surface area (Å²) in [5, 5.41) is 5.87. The van der Waals surface area contributed by atoms with Gasteiger partial charge in [-0.3, -0.25) is 4.79 Å². The highest BCUT2D eigenvalue weighted by Crippen LogP contribution is 2.31. The zero-order valence-electron chi connectivity index (χ0n) is 13.0. The van der Waals surface area contributed by atoms with E-state index in [2.05, 4.69) is 10.6 Å². The van der Waals surface area contributed by atoms with Crippen LogP contribution < -0.4 is 10.6 Å². The molecule has 4 nitrogen and oxygen atoms in total. The van der Waals surface area contributed by atoms with Crippen molar-refractivity contribution in [1.29, 1.82) is 0 Å². The summed E-state index contributed by atoms with van der Waals surface area (Å²) in [7, 11) is 0. The van der Waals surface area contributed by atoms with Gasteiger partial charge in [0.2, 0.25) is 0 Å². The fourth-order valence-corrected chi connectivity index (χ4v) is 2.54. The Morgan fingerprint density at radius 2 is 2.26 bits per heavy atom. The predicted octanol–water partition coefficient (Wildman–Crippen LogP) is 2.65. The number of hydrogen-bond donors (Lipinski definition) is 2. The number of amides is 1. The fraction of sp³-hybridized carbons (Fsp3) is 0.562. The van der Waals surface area contributed by atoms with Crippen molar-refractivity contribution < 1.29 is 22.7 Å². The van der Waals surface area contributed by atoms with Gasteiger partial charge >= 0.3 is 6.18 Å². The van der Waals surface area contributed by atoms with Gasteiger partial charge in [-0.05, 0) is 24.1 Å². The number of nitrogens with one attached hydrogen (secondary N) is 2. The molecule has 1 aromatic rings. The maximum atomic E-state index is 12.9. The first-order valence-corrected chi connectivity index (χ1v) is 7.71. The first-order valence-electron chi connectivity index (χ1n) is 7.71. The van der Waals surface area contributed by atoms with Crippen molar-refractivity contribution in [2.75, 3.05) is 19.7 Å². The maximum absolute atomic E-state index is 12.9. The Morgan fingerprint density at radius 3 is 2.87 bits per heavy atom. The molecule has 0 saturated carbocycles. The molecule has 1 aliphatic heterocycles. The van der Waals surface area contributed by atoms with E-state index in [1.807, 2.05) is 6.92 Å². The molecule has 0 bridgehead atoms. The van der Waals surface area contributed by atoms with Crippen LogP contribution in [0.4, 0.5) is 13.2 Å². The summed E-state index contributed by atoms with van der Waals surface area (Å²) in [6, 6.07) is 4.64. The van der Waals surface area contributed by atoms with Crippen LogP contribution in [0.5, 0.6) is 0 Å². The van der Waals surface area contributed by atoms with E-state index in [4.69, 9.17) is 4.74 Å². The molecule has 0 spiro atoms. The summed E-state index contributed by atoms with van der Waals surface area (Å²) < 4.78 is 43.9. The molecule has 23 heavy (non-hydrogen) atoms. The van der Waals surface area contributed by atoms with E-state index in [0.717, 1.165) is 18.6 Å². The standard InChI is InChI=1S/C16H21F3N2O2/c1-2-4-13(21-15(22)14-10-20-7-8-23-14)11-5-3-6-12(9-11)16(17,18)19/h3,5-6,9,13-14,20H,2,4,7-8,10H2,1H3,(H,21,22)/t13-,14+/m1/s1. The number of halogens is 3. The molecule has 128 valence electrons. The minimum atomic E-state index is -4.40. The maximum Gasteiger partial charge on any atom is 0.416 e. The molecule has 0 unspecified atom stereocenters. The lowest BCUT2D eigenvalue weighted by Crippen LogP contribution is -2.48. The van der Waals surface area contributed by atoms with Crippen LogP contribution in [0.15, 0.2) is 24.3 Å². The van der Waals surface area contributed by atoms with Gasteiger partial charge in [-0.15, -0.1) is 0 Å². The van der Waals surface area contributed by atoms with Gasteiger partial charge in [0.25, 0.3) is 5.91 Å². The Bertz CT molecular complexity index is 528. The van der Waals surface area contributed by atoms with E-state index in [9.17, 15) is 18.0 Å². The summed E-state index contributed by atoms with van der Waals surface area (Å²) in [4.78, 5) is 12.2. The molecule has 7 heteroatoms. The number of alkyl halides is 3. The van der Waals surface area contributed by atoms with Crippen molar-refractivity contribution in [2.45, 2.75) is 38.1 Å². The molecule has 1 heterocycles. The van der Waals surface area contributed by atoms with Gasteiger partial charge in [0.1, 0.15) is 6.10 Å². The SMILES string of the molecule is CCC[C@@H](NC(=O)[C@@H]1CNCCO1)c1cccc(C(F)(F)F)c1. The lowest BCUT2D eigenvalue weighted by Gasteiger charge is -2.26. The van der Waals surface area contributed by atoms with Crippen LogP contribution in [-0.4, -0.2) is 31.7 Å². The molecular formula is C16H21F3N2O2. The molecular weight excluding hydrogens is 309 g/mol. The lowest BCUT2D eigenvalue weighted by atomic mass is 9.99. The fourth-order valence-electron chi connectivity index (χ4n) is 2.54. The highest BCUT2D eigenvalue weighted by atomic mass is 19.4. The van der Waals surface area contributed by atoms with Crippen molar-refractivity contribution in [3.8, 4) is 0 Å². The Labute approximate surface area is 133 Å². The summed E-state index contributed by atoms with van der Waals surface area (Å²) in [5.74, 6) is -0.298. The van der Waals surface area contributed by atoms with Crippen molar-refractivity contribution in [3.63, 3.8) is 0 Å². The predicted molar refractivity (Wildman–Crippen MR) is 79.8 cm³/mol. The molecule has 2 atom stereocenters. The Hall–Kier alpha value is -1.60. The van der Waals surface area contributed by atoms with Gasteiger partial charge in [0.05, 0.1) is 18.2 Å². The lowest BCUT2D eigenvalue weighted by molar-refractivity contribution is -0.137. The minimum Gasteiger partial charge on any atom is -0.366 e. The van der Waals surface area contributed by atoms with Crippen LogP contribution in [0.3, 0.4) is 0 Å². The van der Waals surface area contributed by atoms with Crippen molar-refractivity contribution >= 4 is 5.91 Å². The molecule has 1 amide bonds. The smallest absolute Gasteiger partial charge is 0.366 e. The highest BCUT2D eigenvalue weighted by molar-refractivity contribution is 5.81. The molecule has 2 N–H and O–H groups in total. The second-order valence-corrected chi connectivity index (χ2v) is 5.54. The second kappa shape index (κ2) is 7.79. The summed E-state index contributed by atoms with van der Waals surface area (Å²) >= 11 is 0. The van der Waals surface area contributed by atoms with Gasteiger partial charge in [-0.1, -0.05) is 25.5 Å². The summed E-state index contributed by atoms with van der Waals surface area (Å²) in [5.41, 5.74) is -0.250. The Kier molecular flexibility index (Phi) is 6.01. The third-order valence-corrected chi connectivity index (χ3v) is 3.73. The molecule has 2 rings (SSSR count). The number of carbonyl (C=O) groups is 1. The zero-order valence-corrected chi connectivity index (χ0v) is 13.0. The molecule has 0 radical (unpaired) electrons. The number of ether oxygens (including phenoxy) is 1. The summed E-state index contributed by atoms with van der Waals surface area (Å²) in [6.07, 6.45) is -3.69. The minimum absolute atomic E-state index is 0.298. The van der Waals surface area contributed by atoms with E-state index in [1.54, 1.807) is 6.07 Å². The monoisotopic (exact) mass is 330 g/mol. The Balaban J connectivity index is 2.12. The van der Waals surface area contributed by atoms with Crippen LogP contribution in [0.1, 0.15) is 36.9 Å². The quantitative estimate of drug-likeness (QED) is 0.873. The molecule has 0 aliphatic carbocycles. The van der Waals surface area contributed by atoms with Crippen LogP contribution in [0.25, 0.3) is 0 Å². The van der Waals surface area contributed by atoms with E-state index >= 15 is 0 Å². The number of rotatable bonds is 5. The highest BCUT2D eigenvalue weighted by Gasteiger charge is 2.31. The van der Waals surface area contributed by atoms with Crippen molar-refractivity contribution in [2.24, 2.45) is 0 Å². The summed E-state index contributed by atoms with van der Waals surface area (Å²) in [6.45, 7) is 3.47. The number of hydrogen-bond acceptors (Lipinski definition) is 3. The van der Waals surface area contributed by atoms with Gasteiger partial charge < -0.3 is 15.4 Å². The van der Waals surface area contributed by atoms with Gasteiger partial charge in [-0.2, -0.15) is 13.2 Å². The average Bonchev–Trinajstić information content (AvgIpc) is 2.54. The third-order valence-electron chi connectivity index (χ3n) is 3.73. The molecule has 1 aromatic carbocycles. The average molecular weight is 330 g/mol. The Morgan fingerprint density at radius 1 is 1.48 bits per heavy atom.